The molecule has 0 saturated carbocycles. The van der Waals surface area contributed by atoms with E-state index in [0.717, 1.165) is 3.57 Å². The molecular formula is C12H5IN4O. The molecule has 0 atom stereocenters. The molecule has 0 bridgehead atoms. The van der Waals surface area contributed by atoms with Crippen molar-refractivity contribution in [1.29, 1.82) is 10.5 Å². The van der Waals surface area contributed by atoms with Gasteiger partial charge in [-0.05, 0) is 40.8 Å². The maximum absolute atomic E-state index is 8.75. The Morgan fingerprint density at radius 3 is 2.50 bits per heavy atom. The Morgan fingerprint density at radius 2 is 1.94 bits per heavy atom. The second-order valence-electron chi connectivity index (χ2n) is 3.21. The summed E-state index contributed by atoms with van der Waals surface area (Å²) in [7, 11) is 0. The van der Waals surface area contributed by atoms with Gasteiger partial charge >= 0.3 is 0 Å². The molecule has 18 heavy (non-hydrogen) atoms. The Kier molecular flexibility index (Phi) is 3.70. The molecule has 0 aliphatic carbocycles. The minimum absolute atomic E-state index is 0.233. The average Bonchev–Trinajstić information content (AvgIpc) is 2.42. The van der Waals surface area contributed by atoms with Crippen LogP contribution in [-0.4, -0.2) is 9.97 Å². The van der Waals surface area contributed by atoms with Crippen LogP contribution in [0.2, 0.25) is 0 Å². The Balaban J connectivity index is 2.24. The van der Waals surface area contributed by atoms with Gasteiger partial charge in [0.25, 0.3) is 0 Å². The number of hydrogen-bond donors (Lipinski definition) is 0. The smallest absolute Gasteiger partial charge is 0.237 e. The van der Waals surface area contributed by atoms with Gasteiger partial charge in [-0.15, -0.1) is 0 Å². The van der Waals surface area contributed by atoms with Crippen LogP contribution in [0.4, 0.5) is 0 Å². The number of benzene rings is 1. The van der Waals surface area contributed by atoms with Crippen LogP contribution in [-0.2, 0) is 0 Å². The van der Waals surface area contributed by atoms with Crippen molar-refractivity contribution < 1.29 is 4.74 Å². The number of aromatic nitrogens is 2. The van der Waals surface area contributed by atoms with Gasteiger partial charge in [0.15, 0.2) is 5.69 Å². The minimum atomic E-state index is 0.233. The molecule has 0 radical (unpaired) electrons. The number of halogens is 1. The highest BCUT2D eigenvalue weighted by Crippen LogP contribution is 2.25. The van der Waals surface area contributed by atoms with Crippen LogP contribution in [0.15, 0.2) is 30.6 Å². The van der Waals surface area contributed by atoms with Crippen molar-refractivity contribution in [2.24, 2.45) is 0 Å². The molecule has 0 N–H and O–H groups in total. The topological polar surface area (TPSA) is 82.6 Å². The summed E-state index contributed by atoms with van der Waals surface area (Å²) < 4.78 is 6.31. The lowest BCUT2D eigenvalue weighted by molar-refractivity contribution is 0.456. The number of nitriles is 2. The van der Waals surface area contributed by atoms with Crippen LogP contribution >= 0.6 is 22.6 Å². The molecule has 2 rings (SSSR count). The summed E-state index contributed by atoms with van der Waals surface area (Å²) in [4.78, 5) is 7.81. The standard InChI is InChI=1S/C12H5IN4O/c13-10-3-8(4-14)1-2-11(10)18-12-7-16-9(5-15)6-17-12/h1-3,6-7H. The largest absolute Gasteiger partial charge is 0.436 e. The zero-order chi connectivity index (χ0) is 13.0. The zero-order valence-electron chi connectivity index (χ0n) is 8.96. The fraction of sp³-hybridized carbons (Fsp3) is 0. The molecule has 0 aliphatic heterocycles. The number of nitrogens with zero attached hydrogens (tertiary/aromatic N) is 4. The van der Waals surface area contributed by atoms with E-state index in [0.29, 0.717) is 17.2 Å². The second-order valence-corrected chi connectivity index (χ2v) is 4.37. The molecule has 5 nitrogen and oxygen atoms in total. The Morgan fingerprint density at radius 1 is 1.11 bits per heavy atom. The van der Waals surface area contributed by atoms with Crippen LogP contribution in [0, 0.1) is 26.2 Å². The van der Waals surface area contributed by atoms with Crippen LogP contribution in [0.25, 0.3) is 0 Å². The third-order valence-electron chi connectivity index (χ3n) is 2.02. The van der Waals surface area contributed by atoms with Gasteiger partial charge in [-0.1, -0.05) is 0 Å². The van der Waals surface area contributed by atoms with E-state index < -0.39 is 0 Å². The van der Waals surface area contributed by atoms with Gasteiger partial charge in [0.1, 0.15) is 11.8 Å². The van der Waals surface area contributed by atoms with E-state index in [1.54, 1.807) is 18.2 Å². The Labute approximate surface area is 117 Å². The van der Waals surface area contributed by atoms with Crippen molar-refractivity contribution in [2.45, 2.75) is 0 Å². The molecule has 0 saturated heterocycles. The van der Waals surface area contributed by atoms with Crippen molar-refractivity contribution in [3.8, 4) is 23.8 Å². The molecule has 1 heterocycles. The molecule has 6 heteroatoms. The lowest BCUT2D eigenvalue weighted by Gasteiger charge is -2.06. The fourth-order valence-corrected chi connectivity index (χ4v) is 1.82. The maximum Gasteiger partial charge on any atom is 0.237 e. The Hall–Kier alpha value is -2.19. The van der Waals surface area contributed by atoms with E-state index in [2.05, 4.69) is 32.6 Å². The number of hydrogen-bond acceptors (Lipinski definition) is 5. The maximum atomic E-state index is 8.75. The summed E-state index contributed by atoms with van der Waals surface area (Å²) in [6.45, 7) is 0. The van der Waals surface area contributed by atoms with Crippen molar-refractivity contribution >= 4 is 22.6 Å². The average molecular weight is 348 g/mol. The van der Waals surface area contributed by atoms with Gasteiger partial charge < -0.3 is 4.74 Å². The molecule has 1 aromatic carbocycles. The van der Waals surface area contributed by atoms with E-state index in [4.69, 9.17) is 15.3 Å². The van der Waals surface area contributed by atoms with Crippen LogP contribution < -0.4 is 4.74 Å². The second kappa shape index (κ2) is 5.43. The highest BCUT2D eigenvalue weighted by Gasteiger charge is 2.05. The van der Waals surface area contributed by atoms with Gasteiger partial charge in [-0.2, -0.15) is 10.5 Å². The monoisotopic (exact) mass is 348 g/mol. The highest BCUT2D eigenvalue weighted by molar-refractivity contribution is 14.1. The predicted molar refractivity (Wildman–Crippen MR) is 70.7 cm³/mol. The molecule has 2 aromatic rings. The van der Waals surface area contributed by atoms with E-state index in [1.807, 2.05) is 12.1 Å². The molecular weight excluding hydrogens is 343 g/mol. The summed E-state index contributed by atoms with van der Waals surface area (Å²) in [5.74, 6) is 0.894. The number of rotatable bonds is 2. The summed E-state index contributed by atoms with van der Waals surface area (Å²) >= 11 is 2.07. The quantitative estimate of drug-likeness (QED) is 0.779. The Bertz CT molecular complexity index is 655. The predicted octanol–water partition coefficient (Wildman–Crippen LogP) is 2.62. The minimum Gasteiger partial charge on any atom is -0.436 e. The summed E-state index contributed by atoms with van der Waals surface area (Å²) in [5, 5.41) is 17.3. The van der Waals surface area contributed by atoms with Crippen LogP contribution in [0.1, 0.15) is 11.3 Å². The fourth-order valence-electron chi connectivity index (χ4n) is 1.19. The first-order valence-electron chi connectivity index (χ1n) is 4.82. The molecule has 0 aliphatic rings. The highest BCUT2D eigenvalue weighted by atomic mass is 127. The lowest BCUT2D eigenvalue weighted by atomic mass is 10.2. The number of ether oxygens (including phenoxy) is 1. The SMILES string of the molecule is N#Cc1ccc(Oc2cnc(C#N)cn2)c(I)c1. The van der Waals surface area contributed by atoms with Crippen molar-refractivity contribution in [3.63, 3.8) is 0 Å². The first-order valence-corrected chi connectivity index (χ1v) is 5.90. The lowest BCUT2D eigenvalue weighted by Crippen LogP contribution is -1.93. The van der Waals surface area contributed by atoms with Gasteiger partial charge in [-0.3, -0.25) is 0 Å². The van der Waals surface area contributed by atoms with E-state index >= 15 is 0 Å². The van der Waals surface area contributed by atoms with Crippen LogP contribution in [0.5, 0.6) is 11.6 Å². The van der Waals surface area contributed by atoms with E-state index in [9.17, 15) is 0 Å². The summed E-state index contributed by atoms with van der Waals surface area (Å²) in [5.41, 5.74) is 0.800. The summed E-state index contributed by atoms with van der Waals surface area (Å²) in [6, 6.07) is 9.00. The molecule has 0 spiro atoms. The molecule has 0 unspecified atom stereocenters. The third-order valence-corrected chi connectivity index (χ3v) is 2.86. The van der Waals surface area contributed by atoms with Crippen molar-refractivity contribution in [3.05, 3.63) is 45.4 Å². The molecule has 0 fully saturated rings. The van der Waals surface area contributed by atoms with E-state index in [1.165, 1.54) is 12.4 Å². The van der Waals surface area contributed by atoms with Gasteiger partial charge in [0.05, 0.1) is 27.6 Å². The van der Waals surface area contributed by atoms with Gasteiger partial charge in [-0.25, -0.2) is 9.97 Å². The van der Waals surface area contributed by atoms with Crippen molar-refractivity contribution in [2.75, 3.05) is 0 Å². The van der Waals surface area contributed by atoms with Gasteiger partial charge in [0, 0.05) is 0 Å². The third kappa shape index (κ3) is 2.73. The normalized spacial score (nSPS) is 9.28. The zero-order valence-corrected chi connectivity index (χ0v) is 11.1. The molecule has 0 amide bonds. The van der Waals surface area contributed by atoms with Crippen LogP contribution in [0.3, 0.4) is 0 Å². The first-order chi connectivity index (χ1) is 8.72. The summed E-state index contributed by atoms with van der Waals surface area (Å²) in [6.07, 6.45) is 2.72. The first kappa shape index (κ1) is 12.3. The molecule has 1 aromatic heterocycles. The van der Waals surface area contributed by atoms with E-state index in [-0.39, 0.29) is 5.69 Å². The van der Waals surface area contributed by atoms with Gasteiger partial charge in [0.2, 0.25) is 5.88 Å². The molecule has 86 valence electrons. The van der Waals surface area contributed by atoms with Crippen molar-refractivity contribution in [1.82, 2.24) is 9.97 Å².